The lowest BCUT2D eigenvalue weighted by Crippen LogP contribution is -2.21. The molecule has 0 saturated carbocycles. The van der Waals surface area contributed by atoms with Crippen molar-refractivity contribution in [3.63, 3.8) is 0 Å². The maximum atomic E-state index is 14.6. The molecule has 7 nitrogen and oxygen atoms in total. The number of nitrogens with zero attached hydrogens (tertiary/aromatic N) is 4. The van der Waals surface area contributed by atoms with Crippen LogP contribution in [0.3, 0.4) is 0 Å². The summed E-state index contributed by atoms with van der Waals surface area (Å²) in [5.74, 6) is -0.153. The van der Waals surface area contributed by atoms with Gasteiger partial charge in [0.15, 0.2) is 23.6 Å². The number of halogens is 2. The Morgan fingerprint density at radius 2 is 2.20 bits per heavy atom. The number of aliphatic hydroxyl groups is 1. The molecule has 0 bridgehead atoms. The lowest BCUT2D eigenvalue weighted by molar-refractivity contribution is -0.0378. The second-order valence-corrected chi connectivity index (χ2v) is 6.57. The van der Waals surface area contributed by atoms with E-state index in [-0.39, 0.29) is 17.8 Å². The van der Waals surface area contributed by atoms with Gasteiger partial charge in [-0.2, -0.15) is 9.97 Å². The minimum atomic E-state index is -1.29. The van der Waals surface area contributed by atoms with E-state index in [9.17, 15) is 9.50 Å². The van der Waals surface area contributed by atoms with Crippen LogP contribution in [0.25, 0.3) is 11.2 Å². The van der Waals surface area contributed by atoms with E-state index in [1.807, 2.05) is 0 Å². The Kier molecular flexibility index (Phi) is 5.71. The average Bonchev–Trinajstić information content (AvgIpc) is 3.13. The summed E-state index contributed by atoms with van der Waals surface area (Å²) in [6.45, 7) is 4.07. The second kappa shape index (κ2) is 7.80. The third kappa shape index (κ3) is 3.56. The lowest BCUT2D eigenvalue weighted by Gasteiger charge is -2.15. The van der Waals surface area contributed by atoms with Crippen molar-refractivity contribution >= 4 is 22.8 Å². The second-order valence-electron chi connectivity index (χ2n) is 6.23. The molecule has 0 amide bonds. The maximum absolute atomic E-state index is 14.6. The lowest BCUT2D eigenvalue weighted by atomic mass is 10.0. The van der Waals surface area contributed by atoms with E-state index < -0.39 is 24.4 Å². The predicted octanol–water partition coefficient (Wildman–Crippen LogP) is 2.91. The smallest absolute Gasteiger partial charge is 0.246 e. The van der Waals surface area contributed by atoms with Crippen molar-refractivity contribution in [2.24, 2.45) is 5.92 Å². The molecule has 2 aromatic heterocycles. The van der Waals surface area contributed by atoms with Crippen molar-refractivity contribution in [1.29, 1.82) is 0 Å². The van der Waals surface area contributed by atoms with Gasteiger partial charge in [-0.1, -0.05) is 26.7 Å². The number of hydrogen-bond donors (Lipinski definition) is 1. The van der Waals surface area contributed by atoms with E-state index in [1.165, 1.54) is 10.9 Å². The van der Waals surface area contributed by atoms with Crippen molar-refractivity contribution in [1.82, 2.24) is 19.5 Å². The first-order chi connectivity index (χ1) is 12.1. The third-order valence-corrected chi connectivity index (χ3v) is 4.65. The SMILES string of the molecule is CCCCCOc1nc(Cl)nc2c1ncn2[C@@H]1O[C@H](CO)[C@@H](C)[C@@H]1F. The Balaban J connectivity index is 1.89. The molecule has 0 radical (unpaired) electrons. The number of unbranched alkanes of at least 4 members (excludes halogenated alkanes) is 2. The molecule has 3 rings (SSSR count). The number of rotatable bonds is 7. The van der Waals surface area contributed by atoms with Crippen LogP contribution in [0.1, 0.15) is 39.3 Å². The molecular formula is C16H22ClFN4O3. The van der Waals surface area contributed by atoms with Crippen molar-refractivity contribution in [2.75, 3.05) is 13.2 Å². The number of aliphatic hydroxyl groups excluding tert-OH is 1. The first-order valence-electron chi connectivity index (χ1n) is 8.50. The molecular weight excluding hydrogens is 351 g/mol. The summed E-state index contributed by atoms with van der Waals surface area (Å²) in [5, 5.41) is 9.33. The molecule has 1 aliphatic heterocycles. The van der Waals surface area contributed by atoms with E-state index in [2.05, 4.69) is 21.9 Å². The van der Waals surface area contributed by atoms with Crippen molar-refractivity contribution in [3.8, 4) is 5.88 Å². The van der Waals surface area contributed by atoms with Gasteiger partial charge in [0, 0.05) is 5.92 Å². The molecule has 1 aliphatic rings. The number of aromatic nitrogens is 4. The summed E-state index contributed by atoms with van der Waals surface area (Å²) in [4.78, 5) is 12.5. The minimum Gasteiger partial charge on any atom is -0.476 e. The summed E-state index contributed by atoms with van der Waals surface area (Å²) in [5.41, 5.74) is 0.765. The van der Waals surface area contributed by atoms with Gasteiger partial charge >= 0.3 is 0 Å². The molecule has 0 unspecified atom stereocenters. The molecule has 1 N–H and O–H groups in total. The van der Waals surface area contributed by atoms with Crippen LogP contribution >= 0.6 is 11.6 Å². The largest absolute Gasteiger partial charge is 0.476 e. The van der Waals surface area contributed by atoms with Gasteiger partial charge in [0.25, 0.3) is 0 Å². The van der Waals surface area contributed by atoms with Gasteiger partial charge in [-0.3, -0.25) is 4.57 Å². The first kappa shape index (κ1) is 18.3. The Hall–Kier alpha value is -1.51. The van der Waals surface area contributed by atoms with Crippen LogP contribution in [0.2, 0.25) is 5.28 Å². The number of imidazole rings is 1. The first-order valence-corrected chi connectivity index (χ1v) is 8.87. The van der Waals surface area contributed by atoms with Crippen LogP contribution in [0.4, 0.5) is 4.39 Å². The average molecular weight is 373 g/mol. The van der Waals surface area contributed by atoms with Gasteiger partial charge < -0.3 is 14.6 Å². The van der Waals surface area contributed by atoms with Gasteiger partial charge in [0.05, 0.1) is 25.6 Å². The zero-order chi connectivity index (χ0) is 18.0. The Bertz CT molecular complexity index is 729. The summed E-state index contributed by atoms with van der Waals surface area (Å²) >= 11 is 6.00. The minimum absolute atomic E-state index is 0.0000895. The highest BCUT2D eigenvalue weighted by molar-refractivity contribution is 6.28. The van der Waals surface area contributed by atoms with Crippen LogP contribution in [-0.4, -0.2) is 50.1 Å². The van der Waals surface area contributed by atoms with E-state index in [4.69, 9.17) is 21.1 Å². The highest BCUT2D eigenvalue weighted by Gasteiger charge is 2.43. The van der Waals surface area contributed by atoms with E-state index in [0.717, 1.165) is 19.3 Å². The van der Waals surface area contributed by atoms with Crippen LogP contribution in [-0.2, 0) is 4.74 Å². The predicted molar refractivity (Wildman–Crippen MR) is 90.4 cm³/mol. The zero-order valence-electron chi connectivity index (χ0n) is 14.2. The van der Waals surface area contributed by atoms with Crippen LogP contribution in [0.5, 0.6) is 5.88 Å². The fourth-order valence-corrected chi connectivity index (χ4v) is 3.10. The molecule has 25 heavy (non-hydrogen) atoms. The number of hydrogen-bond acceptors (Lipinski definition) is 6. The van der Waals surface area contributed by atoms with E-state index in [1.54, 1.807) is 6.92 Å². The molecule has 3 heterocycles. The molecule has 0 spiro atoms. The summed E-state index contributed by atoms with van der Waals surface area (Å²) < 4.78 is 27.4. The van der Waals surface area contributed by atoms with Crippen molar-refractivity contribution in [3.05, 3.63) is 11.6 Å². The quantitative estimate of drug-likeness (QED) is 0.594. The van der Waals surface area contributed by atoms with Gasteiger partial charge in [0.2, 0.25) is 11.2 Å². The number of fused-ring (bicyclic) bond motifs is 1. The molecule has 4 atom stereocenters. The highest BCUT2D eigenvalue weighted by atomic mass is 35.5. The fourth-order valence-electron chi connectivity index (χ4n) is 2.94. The monoisotopic (exact) mass is 372 g/mol. The van der Waals surface area contributed by atoms with Gasteiger partial charge in [0.1, 0.15) is 0 Å². The van der Waals surface area contributed by atoms with E-state index in [0.29, 0.717) is 17.8 Å². The molecule has 1 fully saturated rings. The Morgan fingerprint density at radius 3 is 2.88 bits per heavy atom. The number of alkyl halides is 1. The standard InChI is InChI=1S/C16H22ClFN4O3/c1-3-4-5-6-24-14-12-13(20-16(17)21-14)22(8-19-12)15-11(18)9(2)10(7-23)25-15/h8-11,15,23H,3-7H2,1-2H3/t9-,10-,11+,15-/m1/s1. The summed E-state index contributed by atoms with van der Waals surface area (Å²) in [7, 11) is 0. The van der Waals surface area contributed by atoms with Gasteiger partial charge in [-0.25, -0.2) is 9.37 Å². The summed E-state index contributed by atoms with van der Waals surface area (Å²) in [6.07, 6.45) is 1.69. The van der Waals surface area contributed by atoms with E-state index >= 15 is 0 Å². The molecule has 1 saturated heterocycles. The third-order valence-electron chi connectivity index (χ3n) is 4.48. The molecule has 9 heteroatoms. The topological polar surface area (TPSA) is 82.3 Å². The molecule has 0 aromatic carbocycles. The normalized spacial score (nSPS) is 26.4. The van der Waals surface area contributed by atoms with Crippen LogP contribution < -0.4 is 4.74 Å². The van der Waals surface area contributed by atoms with Crippen molar-refractivity contribution in [2.45, 2.75) is 51.6 Å². The Morgan fingerprint density at radius 1 is 1.40 bits per heavy atom. The molecule has 2 aromatic rings. The van der Waals surface area contributed by atoms with Gasteiger partial charge in [-0.05, 0) is 18.0 Å². The number of ether oxygens (including phenoxy) is 2. The fraction of sp³-hybridized carbons (Fsp3) is 0.688. The van der Waals surface area contributed by atoms with Gasteiger partial charge in [-0.15, -0.1) is 0 Å². The highest BCUT2D eigenvalue weighted by Crippen LogP contribution is 2.38. The van der Waals surface area contributed by atoms with Crippen LogP contribution in [0.15, 0.2) is 6.33 Å². The molecule has 0 aliphatic carbocycles. The Labute approximate surface area is 150 Å². The zero-order valence-corrected chi connectivity index (χ0v) is 15.0. The summed E-state index contributed by atoms with van der Waals surface area (Å²) in [6, 6.07) is 0. The van der Waals surface area contributed by atoms with Crippen LogP contribution in [0, 0.1) is 5.92 Å². The maximum Gasteiger partial charge on any atom is 0.246 e. The molecule has 138 valence electrons. The van der Waals surface area contributed by atoms with Crippen molar-refractivity contribution < 1.29 is 19.0 Å².